The van der Waals surface area contributed by atoms with Crippen molar-refractivity contribution in [2.24, 2.45) is 11.3 Å². The number of piperidine rings is 1. The van der Waals surface area contributed by atoms with Gasteiger partial charge >= 0.3 is 6.09 Å². The first kappa shape index (κ1) is 17.7. The van der Waals surface area contributed by atoms with Crippen molar-refractivity contribution in [3.8, 4) is 17.2 Å². The van der Waals surface area contributed by atoms with Gasteiger partial charge in [0.2, 0.25) is 0 Å². The first-order valence-electron chi connectivity index (χ1n) is 8.83. The molecule has 2 aliphatic rings. The van der Waals surface area contributed by atoms with E-state index in [1.807, 2.05) is 18.2 Å². The van der Waals surface area contributed by atoms with Gasteiger partial charge in [-0.1, -0.05) is 27.7 Å². The van der Waals surface area contributed by atoms with Crippen LogP contribution in [0, 0.1) is 11.3 Å². The predicted octanol–water partition coefficient (Wildman–Crippen LogP) is 3.64. The molecule has 2 heterocycles. The van der Waals surface area contributed by atoms with Gasteiger partial charge in [-0.25, -0.2) is 4.79 Å². The fourth-order valence-corrected chi connectivity index (χ4v) is 4.06. The minimum atomic E-state index is -0.857. The van der Waals surface area contributed by atoms with Crippen LogP contribution in [-0.2, 0) is 0 Å². The Morgan fingerprint density at radius 3 is 2.56 bits per heavy atom. The maximum absolute atomic E-state index is 11.6. The van der Waals surface area contributed by atoms with Gasteiger partial charge in [0, 0.05) is 31.0 Å². The van der Waals surface area contributed by atoms with E-state index in [4.69, 9.17) is 14.2 Å². The van der Waals surface area contributed by atoms with Gasteiger partial charge in [0.1, 0.15) is 25.1 Å². The van der Waals surface area contributed by atoms with E-state index in [1.165, 1.54) is 0 Å². The zero-order valence-electron chi connectivity index (χ0n) is 15.3. The van der Waals surface area contributed by atoms with Crippen molar-refractivity contribution in [2.45, 2.75) is 46.3 Å². The Labute approximate surface area is 148 Å². The number of fused-ring (bicyclic) bond motifs is 1. The van der Waals surface area contributed by atoms with E-state index in [9.17, 15) is 9.90 Å². The molecule has 1 amide bonds. The standard InChI is InChI=1S/C19H27NO5/c1-12-14(7-8-20(18(21)22)17(12)19(2,3)4)25-13-5-6-15-16(11-13)24-10-9-23-15/h5-6,11-12,14,17H,7-10H2,1-4H3,(H,21,22). The highest BCUT2D eigenvalue weighted by atomic mass is 16.6. The number of carbonyl (C=O) groups is 1. The SMILES string of the molecule is CC1C(Oc2ccc3c(c2)OCCO3)CCN(C(=O)O)C1C(C)(C)C. The summed E-state index contributed by atoms with van der Waals surface area (Å²) in [4.78, 5) is 13.2. The largest absolute Gasteiger partial charge is 0.490 e. The quantitative estimate of drug-likeness (QED) is 0.883. The Morgan fingerprint density at radius 2 is 1.92 bits per heavy atom. The molecule has 1 aromatic carbocycles. The molecule has 1 aromatic rings. The summed E-state index contributed by atoms with van der Waals surface area (Å²) in [5.74, 6) is 2.25. The van der Waals surface area contributed by atoms with Gasteiger partial charge in [0.25, 0.3) is 0 Å². The first-order chi connectivity index (χ1) is 11.8. The summed E-state index contributed by atoms with van der Waals surface area (Å²) in [5.41, 5.74) is -0.160. The van der Waals surface area contributed by atoms with E-state index < -0.39 is 6.09 Å². The van der Waals surface area contributed by atoms with Crippen LogP contribution in [0.2, 0.25) is 0 Å². The molecule has 0 bridgehead atoms. The minimum absolute atomic E-state index is 0.0395. The molecular weight excluding hydrogens is 322 g/mol. The molecule has 1 saturated heterocycles. The molecule has 3 rings (SSSR count). The molecule has 138 valence electrons. The number of amides is 1. The van der Waals surface area contributed by atoms with Crippen molar-refractivity contribution in [1.29, 1.82) is 0 Å². The second-order valence-electron chi connectivity index (χ2n) is 7.90. The number of hydrogen-bond donors (Lipinski definition) is 1. The number of benzene rings is 1. The van der Waals surface area contributed by atoms with Gasteiger partial charge in [0.15, 0.2) is 11.5 Å². The van der Waals surface area contributed by atoms with Crippen LogP contribution in [0.4, 0.5) is 4.79 Å². The molecular formula is C19H27NO5. The Bertz CT molecular complexity index is 639. The third-order valence-corrected chi connectivity index (χ3v) is 5.01. The lowest BCUT2D eigenvalue weighted by Crippen LogP contribution is -2.58. The number of rotatable bonds is 2. The predicted molar refractivity (Wildman–Crippen MR) is 93.6 cm³/mol. The summed E-state index contributed by atoms with van der Waals surface area (Å²) in [7, 11) is 0. The zero-order chi connectivity index (χ0) is 18.2. The third-order valence-electron chi connectivity index (χ3n) is 5.01. The molecule has 1 N–H and O–H groups in total. The Balaban J connectivity index is 1.78. The van der Waals surface area contributed by atoms with E-state index in [-0.39, 0.29) is 23.5 Å². The van der Waals surface area contributed by atoms with Crippen molar-refractivity contribution in [3.63, 3.8) is 0 Å². The van der Waals surface area contributed by atoms with Gasteiger partial charge in [0.05, 0.1) is 0 Å². The van der Waals surface area contributed by atoms with E-state index in [2.05, 4.69) is 27.7 Å². The first-order valence-corrected chi connectivity index (χ1v) is 8.83. The molecule has 6 heteroatoms. The molecule has 0 aliphatic carbocycles. The zero-order valence-corrected chi connectivity index (χ0v) is 15.3. The van der Waals surface area contributed by atoms with Gasteiger partial charge in [-0.2, -0.15) is 0 Å². The molecule has 6 nitrogen and oxygen atoms in total. The van der Waals surface area contributed by atoms with E-state index in [0.717, 1.165) is 11.5 Å². The van der Waals surface area contributed by atoms with Crippen LogP contribution >= 0.6 is 0 Å². The number of nitrogens with zero attached hydrogens (tertiary/aromatic N) is 1. The van der Waals surface area contributed by atoms with Gasteiger partial charge < -0.3 is 24.2 Å². The molecule has 3 unspecified atom stereocenters. The number of carboxylic acid groups (broad SMARTS) is 1. The summed E-state index contributed by atoms with van der Waals surface area (Å²) in [5, 5.41) is 9.55. The summed E-state index contributed by atoms with van der Waals surface area (Å²) >= 11 is 0. The number of likely N-dealkylation sites (tertiary alicyclic amines) is 1. The molecule has 25 heavy (non-hydrogen) atoms. The average Bonchev–Trinajstić information content (AvgIpc) is 2.55. The van der Waals surface area contributed by atoms with Crippen LogP contribution in [0.15, 0.2) is 18.2 Å². The molecule has 0 aromatic heterocycles. The molecule has 2 aliphatic heterocycles. The molecule has 0 radical (unpaired) electrons. The Hall–Kier alpha value is -2.11. The lowest BCUT2D eigenvalue weighted by Gasteiger charge is -2.48. The van der Waals surface area contributed by atoms with Crippen molar-refractivity contribution in [1.82, 2.24) is 4.90 Å². The van der Waals surface area contributed by atoms with Crippen molar-refractivity contribution < 1.29 is 24.1 Å². The van der Waals surface area contributed by atoms with Gasteiger partial charge in [-0.15, -0.1) is 0 Å². The number of ether oxygens (including phenoxy) is 3. The topological polar surface area (TPSA) is 68.2 Å². The fourth-order valence-electron chi connectivity index (χ4n) is 4.06. The van der Waals surface area contributed by atoms with E-state index in [1.54, 1.807) is 4.90 Å². The monoisotopic (exact) mass is 349 g/mol. The average molecular weight is 349 g/mol. The van der Waals surface area contributed by atoms with Crippen LogP contribution in [0.5, 0.6) is 17.2 Å². The fraction of sp³-hybridized carbons (Fsp3) is 0.632. The van der Waals surface area contributed by atoms with Crippen LogP contribution in [-0.4, -0.2) is 48.0 Å². The maximum Gasteiger partial charge on any atom is 0.407 e. The number of hydrogen-bond acceptors (Lipinski definition) is 4. The molecule has 3 atom stereocenters. The highest BCUT2D eigenvalue weighted by Crippen LogP contribution is 2.39. The smallest absolute Gasteiger partial charge is 0.407 e. The van der Waals surface area contributed by atoms with Crippen LogP contribution in [0.25, 0.3) is 0 Å². The molecule has 1 fully saturated rings. The third kappa shape index (κ3) is 3.62. The van der Waals surface area contributed by atoms with E-state index in [0.29, 0.717) is 31.9 Å². The lowest BCUT2D eigenvalue weighted by atomic mass is 9.74. The van der Waals surface area contributed by atoms with Gasteiger partial charge in [-0.05, 0) is 17.5 Å². The van der Waals surface area contributed by atoms with Crippen molar-refractivity contribution in [2.75, 3.05) is 19.8 Å². The molecule has 0 saturated carbocycles. The summed E-state index contributed by atoms with van der Waals surface area (Å²) in [6.07, 6.45) is -0.221. The summed E-state index contributed by atoms with van der Waals surface area (Å²) in [6.45, 7) is 9.90. The Morgan fingerprint density at radius 1 is 1.24 bits per heavy atom. The lowest BCUT2D eigenvalue weighted by molar-refractivity contribution is -0.0296. The highest BCUT2D eigenvalue weighted by molar-refractivity contribution is 5.65. The minimum Gasteiger partial charge on any atom is -0.490 e. The van der Waals surface area contributed by atoms with Gasteiger partial charge in [-0.3, -0.25) is 0 Å². The second kappa shape index (κ2) is 6.65. The second-order valence-corrected chi connectivity index (χ2v) is 7.90. The Kier molecular flexibility index (Phi) is 4.71. The van der Waals surface area contributed by atoms with Crippen molar-refractivity contribution >= 4 is 6.09 Å². The van der Waals surface area contributed by atoms with Crippen molar-refractivity contribution in [3.05, 3.63) is 18.2 Å². The van der Waals surface area contributed by atoms with Crippen LogP contribution in [0.3, 0.4) is 0 Å². The normalized spacial score (nSPS) is 26.2. The highest BCUT2D eigenvalue weighted by Gasteiger charge is 2.44. The maximum atomic E-state index is 11.6. The summed E-state index contributed by atoms with van der Waals surface area (Å²) < 4.78 is 17.4. The van der Waals surface area contributed by atoms with E-state index >= 15 is 0 Å². The van der Waals surface area contributed by atoms with Crippen LogP contribution < -0.4 is 14.2 Å². The van der Waals surface area contributed by atoms with Crippen LogP contribution in [0.1, 0.15) is 34.1 Å². The summed E-state index contributed by atoms with van der Waals surface area (Å²) in [6, 6.07) is 5.51. The molecule has 0 spiro atoms.